The van der Waals surface area contributed by atoms with Crippen molar-refractivity contribution in [2.24, 2.45) is 0 Å². The Kier molecular flexibility index (Phi) is 4.44. The predicted molar refractivity (Wildman–Crippen MR) is 74.6 cm³/mol. The third kappa shape index (κ3) is 3.28. The van der Waals surface area contributed by atoms with Gasteiger partial charge in [-0.25, -0.2) is 4.79 Å². The minimum atomic E-state index is -0.956. The highest BCUT2D eigenvalue weighted by Gasteiger charge is 2.10. The first-order valence-electron chi connectivity index (χ1n) is 6.65. The molecule has 0 fully saturated rings. The van der Waals surface area contributed by atoms with Crippen molar-refractivity contribution in [1.82, 2.24) is 4.57 Å². The number of aliphatic carboxylic acids is 1. The highest BCUT2D eigenvalue weighted by molar-refractivity contribution is 5.87. The van der Waals surface area contributed by atoms with Crippen molar-refractivity contribution in [3.8, 4) is 5.75 Å². The molecule has 0 aliphatic carbocycles. The van der Waals surface area contributed by atoms with Crippen LogP contribution < -0.4 is 4.74 Å². The second kappa shape index (κ2) is 6.27. The maximum atomic E-state index is 10.6. The Labute approximate surface area is 112 Å². The standard InChI is InChI=1S/C15H19NO3/c1-2-3-6-9-16-10-14(19-11-15(17)18)12-7-4-5-8-13(12)16/h4-5,7-8,10H,2-3,6,9,11H2,1H3,(H,17,18). The van der Waals surface area contributed by atoms with Crippen molar-refractivity contribution in [1.29, 1.82) is 0 Å². The summed E-state index contributed by atoms with van der Waals surface area (Å²) in [4.78, 5) is 10.6. The Morgan fingerprint density at radius 2 is 2.11 bits per heavy atom. The van der Waals surface area contributed by atoms with Gasteiger partial charge in [0.05, 0.1) is 5.52 Å². The molecule has 0 radical (unpaired) electrons. The van der Waals surface area contributed by atoms with Crippen LogP contribution in [-0.2, 0) is 11.3 Å². The first-order chi connectivity index (χ1) is 9.22. The molecule has 2 rings (SSSR count). The molecule has 4 nitrogen and oxygen atoms in total. The molecule has 0 bridgehead atoms. The molecule has 19 heavy (non-hydrogen) atoms. The molecular formula is C15H19NO3. The Morgan fingerprint density at radius 1 is 1.32 bits per heavy atom. The zero-order chi connectivity index (χ0) is 13.7. The average Bonchev–Trinajstić information content (AvgIpc) is 2.76. The van der Waals surface area contributed by atoms with E-state index in [1.54, 1.807) is 0 Å². The van der Waals surface area contributed by atoms with Gasteiger partial charge in [-0.2, -0.15) is 0 Å². The van der Waals surface area contributed by atoms with Gasteiger partial charge in [0, 0.05) is 18.1 Å². The van der Waals surface area contributed by atoms with Crippen molar-refractivity contribution >= 4 is 16.9 Å². The second-order valence-corrected chi connectivity index (χ2v) is 4.59. The van der Waals surface area contributed by atoms with E-state index in [2.05, 4.69) is 11.5 Å². The van der Waals surface area contributed by atoms with E-state index in [1.807, 2.05) is 30.5 Å². The van der Waals surface area contributed by atoms with Gasteiger partial charge < -0.3 is 14.4 Å². The summed E-state index contributed by atoms with van der Waals surface area (Å²) in [6, 6.07) is 7.92. The maximum absolute atomic E-state index is 10.6. The van der Waals surface area contributed by atoms with Gasteiger partial charge in [-0.1, -0.05) is 31.9 Å². The number of nitrogens with zero attached hydrogens (tertiary/aromatic N) is 1. The number of carboxylic acids is 1. The van der Waals surface area contributed by atoms with Crippen molar-refractivity contribution in [3.63, 3.8) is 0 Å². The number of rotatable bonds is 7. The SMILES string of the molecule is CCCCCn1cc(OCC(=O)O)c2ccccc21. The van der Waals surface area contributed by atoms with Crippen molar-refractivity contribution in [2.75, 3.05) is 6.61 Å². The molecular weight excluding hydrogens is 242 g/mol. The monoisotopic (exact) mass is 261 g/mol. The van der Waals surface area contributed by atoms with Crippen LogP contribution in [0.25, 0.3) is 10.9 Å². The molecule has 1 aromatic carbocycles. The number of aromatic nitrogens is 1. The van der Waals surface area contributed by atoms with Gasteiger partial charge in [0.1, 0.15) is 5.75 Å². The number of aryl methyl sites for hydroxylation is 1. The summed E-state index contributed by atoms with van der Waals surface area (Å²) in [5, 5.41) is 9.67. The summed E-state index contributed by atoms with van der Waals surface area (Å²) in [7, 11) is 0. The molecule has 0 aliphatic heterocycles. The first kappa shape index (κ1) is 13.5. The summed E-state index contributed by atoms with van der Waals surface area (Å²) in [5.74, 6) is -0.308. The molecule has 1 heterocycles. The van der Waals surface area contributed by atoms with Crippen LogP contribution in [0.2, 0.25) is 0 Å². The van der Waals surface area contributed by atoms with E-state index in [9.17, 15) is 4.79 Å². The number of fused-ring (bicyclic) bond motifs is 1. The molecule has 2 aromatic rings. The lowest BCUT2D eigenvalue weighted by molar-refractivity contribution is -0.139. The lowest BCUT2D eigenvalue weighted by atomic mass is 10.2. The van der Waals surface area contributed by atoms with E-state index in [0.717, 1.165) is 23.9 Å². The largest absolute Gasteiger partial charge is 0.480 e. The number of carbonyl (C=O) groups is 1. The Hall–Kier alpha value is -1.97. The van der Waals surface area contributed by atoms with Crippen LogP contribution in [-0.4, -0.2) is 22.2 Å². The first-order valence-corrected chi connectivity index (χ1v) is 6.65. The van der Waals surface area contributed by atoms with Crippen LogP contribution in [0, 0.1) is 0 Å². The topological polar surface area (TPSA) is 51.5 Å². The van der Waals surface area contributed by atoms with Gasteiger partial charge in [-0.05, 0) is 18.6 Å². The number of ether oxygens (including phenoxy) is 1. The van der Waals surface area contributed by atoms with E-state index in [1.165, 1.54) is 12.8 Å². The molecule has 1 N–H and O–H groups in total. The fraction of sp³-hybridized carbons (Fsp3) is 0.400. The number of unbranched alkanes of at least 4 members (excludes halogenated alkanes) is 2. The van der Waals surface area contributed by atoms with Gasteiger partial charge in [-0.15, -0.1) is 0 Å². The Bertz CT molecular complexity index is 560. The zero-order valence-corrected chi connectivity index (χ0v) is 11.1. The molecule has 0 unspecified atom stereocenters. The fourth-order valence-electron chi connectivity index (χ4n) is 2.18. The molecule has 0 amide bonds. The molecule has 1 aromatic heterocycles. The highest BCUT2D eigenvalue weighted by Crippen LogP contribution is 2.28. The van der Waals surface area contributed by atoms with Gasteiger partial charge in [0.2, 0.25) is 0 Å². The number of hydrogen-bond acceptors (Lipinski definition) is 2. The molecule has 0 spiro atoms. The molecule has 102 valence electrons. The van der Waals surface area contributed by atoms with Crippen molar-refractivity contribution < 1.29 is 14.6 Å². The Balaban J connectivity index is 2.23. The van der Waals surface area contributed by atoms with E-state index >= 15 is 0 Å². The van der Waals surface area contributed by atoms with Gasteiger partial charge in [0.15, 0.2) is 6.61 Å². The zero-order valence-electron chi connectivity index (χ0n) is 11.1. The summed E-state index contributed by atoms with van der Waals surface area (Å²) < 4.78 is 7.49. The lowest BCUT2D eigenvalue weighted by Gasteiger charge is -2.03. The quantitative estimate of drug-likeness (QED) is 0.778. The highest BCUT2D eigenvalue weighted by atomic mass is 16.5. The van der Waals surface area contributed by atoms with Gasteiger partial charge in [0.25, 0.3) is 0 Å². The Morgan fingerprint density at radius 3 is 2.84 bits per heavy atom. The number of para-hydroxylation sites is 1. The molecule has 4 heteroatoms. The maximum Gasteiger partial charge on any atom is 0.341 e. The van der Waals surface area contributed by atoms with Crippen LogP contribution in [0.15, 0.2) is 30.5 Å². The van der Waals surface area contributed by atoms with Crippen molar-refractivity contribution in [2.45, 2.75) is 32.7 Å². The van der Waals surface area contributed by atoms with Crippen LogP contribution in [0.3, 0.4) is 0 Å². The second-order valence-electron chi connectivity index (χ2n) is 4.59. The summed E-state index contributed by atoms with van der Waals surface area (Å²) in [6.45, 7) is 2.81. The van der Waals surface area contributed by atoms with E-state index in [-0.39, 0.29) is 6.61 Å². The third-order valence-electron chi connectivity index (χ3n) is 3.11. The van der Waals surface area contributed by atoms with E-state index in [0.29, 0.717) is 5.75 Å². The smallest absolute Gasteiger partial charge is 0.341 e. The van der Waals surface area contributed by atoms with Crippen LogP contribution >= 0.6 is 0 Å². The van der Waals surface area contributed by atoms with Crippen LogP contribution in [0.4, 0.5) is 0 Å². The number of carboxylic acid groups (broad SMARTS) is 1. The minimum absolute atomic E-state index is 0.303. The van der Waals surface area contributed by atoms with Crippen LogP contribution in [0.5, 0.6) is 5.75 Å². The number of hydrogen-bond donors (Lipinski definition) is 1. The summed E-state index contributed by atoms with van der Waals surface area (Å²) in [5.41, 5.74) is 1.10. The van der Waals surface area contributed by atoms with E-state index < -0.39 is 5.97 Å². The normalized spacial score (nSPS) is 10.8. The van der Waals surface area contributed by atoms with Gasteiger partial charge in [-0.3, -0.25) is 0 Å². The summed E-state index contributed by atoms with van der Waals surface area (Å²) >= 11 is 0. The van der Waals surface area contributed by atoms with Gasteiger partial charge >= 0.3 is 5.97 Å². The fourth-order valence-corrected chi connectivity index (χ4v) is 2.18. The van der Waals surface area contributed by atoms with Crippen LogP contribution in [0.1, 0.15) is 26.2 Å². The van der Waals surface area contributed by atoms with Crippen molar-refractivity contribution in [3.05, 3.63) is 30.5 Å². The average molecular weight is 261 g/mol. The predicted octanol–water partition coefficient (Wildman–Crippen LogP) is 3.29. The molecule has 0 atom stereocenters. The number of benzene rings is 1. The van der Waals surface area contributed by atoms with E-state index in [4.69, 9.17) is 9.84 Å². The lowest BCUT2D eigenvalue weighted by Crippen LogP contribution is -2.09. The molecule has 0 aliphatic rings. The molecule has 0 saturated heterocycles. The summed E-state index contributed by atoms with van der Waals surface area (Å²) in [6.07, 6.45) is 5.40. The minimum Gasteiger partial charge on any atom is -0.480 e. The molecule has 0 saturated carbocycles. The third-order valence-corrected chi connectivity index (χ3v) is 3.11.